The number of hydrogen-bond donors (Lipinski definition) is 0. The van der Waals surface area contributed by atoms with Gasteiger partial charge in [-0.2, -0.15) is 0 Å². The third-order valence-corrected chi connectivity index (χ3v) is 13.9. The van der Waals surface area contributed by atoms with Crippen molar-refractivity contribution in [2.75, 3.05) is 9.80 Å². The van der Waals surface area contributed by atoms with Gasteiger partial charge in [0, 0.05) is 59.1 Å². The van der Waals surface area contributed by atoms with E-state index in [9.17, 15) is 0 Å². The maximum atomic E-state index is 2.45. The number of anilines is 6. The minimum atomic E-state index is -0.228. The lowest BCUT2D eigenvalue weighted by atomic mass is 9.82. The molecule has 0 spiro atoms. The zero-order valence-corrected chi connectivity index (χ0v) is 32.2. The van der Waals surface area contributed by atoms with E-state index in [-0.39, 0.29) is 5.41 Å². The third-order valence-electron chi connectivity index (χ3n) is 11.4. The van der Waals surface area contributed by atoms with Gasteiger partial charge in [0.15, 0.2) is 0 Å². The second-order valence-corrected chi connectivity index (χ2v) is 17.0. The first-order valence-electron chi connectivity index (χ1n) is 18.8. The molecule has 0 N–H and O–H groups in total. The summed E-state index contributed by atoms with van der Waals surface area (Å²) in [7, 11) is 0. The van der Waals surface area contributed by atoms with Crippen LogP contribution in [0, 0.1) is 0 Å². The van der Waals surface area contributed by atoms with Gasteiger partial charge in [-0.15, -0.1) is 22.7 Å². The van der Waals surface area contributed by atoms with Gasteiger partial charge in [0.25, 0.3) is 0 Å². The Balaban J connectivity index is 1.06. The molecule has 1 aliphatic carbocycles. The minimum Gasteiger partial charge on any atom is -0.309 e. The second-order valence-electron chi connectivity index (χ2n) is 14.9. The maximum Gasteiger partial charge on any atom is 0.0640 e. The van der Waals surface area contributed by atoms with Gasteiger partial charge in [-0.05, 0) is 95.1 Å². The van der Waals surface area contributed by atoms with Crippen molar-refractivity contribution in [3.8, 4) is 11.1 Å². The summed E-state index contributed by atoms with van der Waals surface area (Å²) < 4.78 is 5.23. The molecule has 0 bridgehead atoms. The molecule has 262 valence electrons. The summed E-state index contributed by atoms with van der Waals surface area (Å²) in [6.07, 6.45) is 0. The number of rotatable bonds is 6. The summed E-state index contributed by atoms with van der Waals surface area (Å²) in [6, 6.07) is 66.9. The SMILES string of the molecule is CC1(C)c2cc(N(c3ccccc3)c3cccc4c3sc3ccccc34)ccc2-c2ccc(N(c3ccccc3)c3cccc4c3sc3ccccc34)cc21. The number of thiophene rings is 2. The van der Waals surface area contributed by atoms with Crippen molar-refractivity contribution in [1.82, 2.24) is 0 Å². The van der Waals surface area contributed by atoms with Crippen LogP contribution in [0.3, 0.4) is 0 Å². The third kappa shape index (κ3) is 4.99. The predicted octanol–water partition coefficient (Wildman–Crippen LogP) is 15.7. The monoisotopic (exact) mass is 740 g/mol. The van der Waals surface area contributed by atoms with Crippen molar-refractivity contribution >= 4 is 97.1 Å². The van der Waals surface area contributed by atoms with Crippen LogP contribution in [0.5, 0.6) is 0 Å². The molecule has 10 aromatic rings. The number of hydrogen-bond acceptors (Lipinski definition) is 4. The van der Waals surface area contributed by atoms with E-state index < -0.39 is 0 Å². The number of fused-ring (bicyclic) bond motifs is 9. The van der Waals surface area contributed by atoms with E-state index in [0.29, 0.717) is 0 Å². The highest BCUT2D eigenvalue weighted by atomic mass is 32.1. The van der Waals surface area contributed by atoms with Gasteiger partial charge in [-0.1, -0.05) is 123 Å². The first-order chi connectivity index (χ1) is 27.0. The van der Waals surface area contributed by atoms with Crippen LogP contribution in [0.15, 0.2) is 182 Å². The molecule has 0 saturated heterocycles. The van der Waals surface area contributed by atoms with Gasteiger partial charge in [0.2, 0.25) is 0 Å². The van der Waals surface area contributed by atoms with Crippen LogP contribution in [-0.2, 0) is 5.41 Å². The van der Waals surface area contributed by atoms with Gasteiger partial charge in [0.05, 0.1) is 20.8 Å². The number of para-hydroxylation sites is 2. The van der Waals surface area contributed by atoms with E-state index in [0.717, 1.165) is 11.4 Å². The summed E-state index contributed by atoms with van der Waals surface area (Å²) in [5.74, 6) is 0. The van der Waals surface area contributed by atoms with Gasteiger partial charge in [0.1, 0.15) is 0 Å². The summed E-state index contributed by atoms with van der Waals surface area (Å²) >= 11 is 3.76. The normalized spacial score (nSPS) is 13.1. The minimum absolute atomic E-state index is 0.228. The van der Waals surface area contributed by atoms with Crippen LogP contribution in [0.4, 0.5) is 34.1 Å². The van der Waals surface area contributed by atoms with E-state index in [4.69, 9.17) is 0 Å². The molecule has 0 aliphatic heterocycles. The first-order valence-corrected chi connectivity index (χ1v) is 20.5. The molecule has 11 rings (SSSR count). The highest BCUT2D eigenvalue weighted by Gasteiger charge is 2.37. The quantitative estimate of drug-likeness (QED) is 0.167. The topological polar surface area (TPSA) is 6.48 Å². The Morgan fingerprint density at radius 1 is 0.364 bits per heavy atom. The Labute approximate surface area is 328 Å². The van der Waals surface area contributed by atoms with Crippen molar-refractivity contribution in [2.24, 2.45) is 0 Å². The number of nitrogens with zero attached hydrogens (tertiary/aromatic N) is 2. The molecule has 0 amide bonds. The lowest BCUT2D eigenvalue weighted by molar-refractivity contribution is 0.660. The van der Waals surface area contributed by atoms with Gasteiger partial charge >= 0.3 is 0 Å². The summed E-state index contributed by atoms with van der Waals surface area (Å²) in [5.41, 5.74) is 12.1. The molecule has 4 heteroatoms. The smallest absolute Gasteiger partial charge is 0.0640 e. The highest BCUT2D eigenvalue weighted by Crippen LogP contribution is 2.54. The Bertz CT molecular complexity index is 2870. The molecule has 2 nitrogen and oxygen atoms in total. The van der Waals surface area contributed by atoms with Crippen molar-refractivity contribution in [2.45, 2.75) is 19.3 Å². The summed E-state index contributed by atoms with van der Waals surface area (Å²) in [6.45, 7) is 4.79. The average Bonchev–Trinajstić information content (AvgIpc) is 3.88. The fourth-order valence-corrected chi connectivity index (χ4v) is 11.2. The van der Waals surface area contributed by atoms with Gasteiger partial charge in [-0.25, -0.2) is 0 Å². The van der Waals surface area contributed by atoms with E-state index in [1.54, 1.807) is 0 Å². The van der Waals surface area contributed by atoms with Crippen LogP contribution in [0.1, 0.15) is 25.0 Å². The van der Waals surface area contributed by atoms with Crippen molar-refractivity contribution < 1.29 is 0 Å². The molecule has 0 radical (unpaired) electrons. The summed E-state index contributed by atoms with van der Waals surface area (Å²) in [5, 5.41) is 5.23. The van der Waals surface area contributed by atoms with E-state index in [1.165, 1.54) is 85.3 Å². The molecule has 2 aromatic heterocycles. The lowest BCUT2D eigenvalue weighted by Gasteiger charge is -2.29. The summed E-state index contributed by atoms with van der Waals surface area (Å²) in [4.78, 5) is 4.90. The molecule has 0 fully saturated rings. The molecule has 8 aromatic carbocycles. The molecule has 2 heterocycles. The molecule has 1 aliphatic rings. The van der Waals surface area contributed by atoms with Crippen LogP contribution < -0.4 is 9.80 Å². The molecule has 0 saturated carbocycles. The van der Waals surface area contributed by atoms with E-state index in [1.807, 2.05) is 22.7 Å². The first kappa shape index (κ1) is 32.2. The molecular weight excluding hydrogens is 705 g/mol. The van der Waals surface area contributed by atoms with Gasteiger partial charge in [-0.3, -0.25) is 0 Å². The number of benzene rings is 8. The second kappa shape index (κ2) is 12.4. The largest absolute Gasteiger partial charge is 0.309 e. The maximum absolute atomic E-state index is 2.45. The Morgan fingerprint density at radius 3 is 1.22 bits per heavy atom. The molecule has 0 unspecified atom stereocenters. The van der Waals surface area contributed by atoms with E-state index >= 15 is 0 Å². The van der Waals surface area contributed by atoms with Crippen molar-refractivity contribution in [3.05, 3.63) is 193 Å². The Morgan fingerprint density at radius 2 is 0.764 bits per heavy atom. The zero-order chi connectivity index (χ0) is 36.7. The fourth-order valence-electron chi connectivity index (χ4n) is 8.82. The fraction of sp³-hybridized carbons (Fsp3) is 0.0588. The zero-order valence-electron chi connectivity index (χ0n) is 30.5. The highest BCUT2D eigenvalue weighted by molar-refractivity contribution is 7.26. The van der Waals surface area contributed by atoms with Crippen LogP contribution in [0.25, 0.3) is 51.5 Å². The lowest BCUT2D eigenvalue weighted by Crippen LogP contribution is -2.17. The Kier molecular flexibility index (Phi) is 7.28. The van der Waals surface area contributed by atoms with E-state index in [2.05, 4.69) is 206 Å². The van der Waals surface area contributed by atoms with Gasteiger partial charge < -0.3 is 9.80 Å². The molecule has 55 heavy (non-hydrogen) atoms. The van der Waals surface area contributed by atoms with Crippen molar-refractivity contribution in [3.63, 3.8) is 0 Å². The molecular formula is C51H36N2S2. The van der Waals surface area contributed by atoms with Crippen LogP contribution >= 0.6 is 22.7 Å². The van der Waals surface area contributed by atoms with Crippen LogP contribution in [0.2, 0.25) is 0 Å². The average molecular weight is 741 g/mol. The predicted molar refractivity (Wildman–Crippen MR) is 239 cm³/mol. The Hall–Kier alpha value is -6.20. The van der Waals surface area contributed by atoms with Crippen LogP contribution in [-0.4, -0.2) is 0 Å². The standard InChI is InChI=1S/C51H36N2S2/c1-51(2)43-31-35(52(33-15-5-3-6-16-33)45-23-13-21-41-39-19-9-11-25-47(39)54-49(41)45)27-29-37(43)38-30-28-36(32-44(38)51)53(34-17-7-4-8-18-34)46-24-14-22-42-40-20-10-12-26-48(40)55-50(42)46/h3-32H,1-2H3. The molecule has 0 atom stereocenters. The van der Waals surface area contributed by atoms with Crippen molar-refractivity contribution in [1.29, 1.82) is 0 Å².